The molecule has 0 aromatic heterocycles. The number of carbonyl (C=O) groups excluding carboxylic acids is 1. The molecule has 2 nitrogen and oxygen atoms in total. The van der Waals surface area contributed by atoms with Crippen molar-refractivity contribution in [3.05, 3.63) is 58.6 Å². The van der Waals surface area contributed by atoms with E-state index in [1.54, 1.807) is 6.92 Å². The van der Waals surface area contributed by atoms with Gasteiger partial charge in [-0.2, -0.15) is 0 Å². The van der Waals surface area contributed by atoms with Gasteiger partial charge >= 0.3 is 0 Å². The molecule has 1 N–H and O–H groups in total. The zero-order valence-electron chi connectivity index (χ0n) is 10.8. The lowest BCUT2D eigenvalue weighted by Crippen LogP contribution is -2.36. The summed E-state index contributed by atoms with van der Waals surface area (Å²) in [5, 5.41) is 4.01. The Kier molecular flexibility index (Phi) is 2.64. The van der Waals surface area contributed by atoms with E-state index >= 15 is 0 Å². The number of anilines is 2. The van der Waals surface area contributed by atoms with Crippen LogP contribution in [0.3, 0.4) is 0 Å². The van der Waals surface area contributed by atoms with Gasteiger partial charge in [0, 0.05) is 16.4 Å². The summed E-state index contributed by atoms with van der Waals surface area (Å²) in [5.74, 6) is 0.116. The molecule has 0 saturated heterocycles. The zero-order valence-corrected chi connectivity index (χ0v) is 11.6. The molecule has 0 aliphatic carbocycles. The zero-order chi connectivity index (χ0) is 13.6. The molecule has 2 aromatic carbocycles. The van der Waals surface area contributed by atoms with Crippen LogP contribution in [-0.4, -0.2) is 5.78 Å². The number of rotatable bonds is 1. The van der Waals surface area contributed by atoms with Crippen LogP contribution in [-0.2, 0) is 10.2 Å². The van der Waals surface area contributed by atoms with E-state index in [1.807, 2.05) is 49.4 Å². The predicted molar refractivity (Wildman–Crippen MR) is 78.3 cm³/mol. The Morgan fingerprint density at radius 3 is 2.53 bits per heavy atom. The molecular formula is C16H14ClNO. The van der Waals surface area contributed by atoms with Crippen molar-refractivity contribution in [2.45, 2.75) is 19.3 Å². The average molecular weight is 272 g/mol. The van der Waals surface area contributed by atoms with Gasteiger partial charge in [0.05, 0.1) is 5.41 Å². The minimum Gasteiger partial charge on any atom is -0.355 e. The first kappa shape index (κ1) is 12.2. The maximum absolute atomic E-state index is 12.3. The first-order chi connectivity index (χ1) is 9.03. The maximum Gasteiger partial charge on any atom is 0.144 e. The topological polar surface area (TPSA) is 29.1 Å². The predicted octanol–water partition coefficient (Wildman–Crippen LogP) is 4.29. The molecule has 1 aliphatic heterocycles. The van der Waals surface area contributed by atoms with Crippen molar-refractivity contribution >= 4 is 28.8 Å². The van der Waals surface area contributed by atoms with Crippen LogP contribution in [0.5, 0.6) is 0 Å². The summed E-state index contributed by atoms with van der Waals surface area (Å²) in [5.41, 5.74) is 3.21. The minimum atomic E-state index is -0.651. The maximum atomic E-state index is 12.3. The lowest BCUT2D eigenvalue weighted by atomic mass is 9.70. The molecule has 1 atom stereocenters. The highest BCUT2D eigenvalue weighted by Crippen LogP contribution is 2.46. The Morgan fingerprint density at radius 2 is 1.79 bits per heavy atom. The van der Waals surface area contributed by atoms with Crippen molar-refractivity contribution in [2.75, 3.05) is 5.32 Å². The summed E-state index contributed by atoms with van der Waals surface area (Å²) in [6.45, 7) is 3.59. The standard InChI is InChI=1S/C16H14ClNO/c1-10(19)16(2)12-5-3-4-6-14(12)18-15-8-7-11(17)9-13(15)16/h3-9,18H,1-2H3. The number of hydrogen-bond acceptors (Lipinski definition) is 2. The highest BCUT2D eigenvalue weighted by atomic mass is 35.5. The van der Waals surface area contributed by atoms with Gasteiger partial charge < -0.3 is 5.32 Å². The molecular weight excluding hydrogens is 258 g/mol. The quantitative estimate of drug-likeness (QED) is 0.838. The molecule has 1 aliphatic rings. The van der Waals surface area contributed by atoms with Crippen molar-refractivity contribution < 1.29 is 4.79 Å². The van der Waals surface area contributed by atoms with E-state index in [0.717, 1.165) is 22.5 Å². The Morgan fingerprint density at radius 1 is 1.11 bits per heavy atom. The third kappa shape index (κ3) is 1.67. The summed E-state index contributed by atoms with van der Waals surface area (Å²) in [6.07, 6.45) is 0. The van der Waals surface area contributed by atoms with Gasteiger partial charge in [0.2, 0.25) is 0 Å². The monoisotopic (exact) mass is 271 g/mol. The number of fused-ring (bicyclic) bond motifs is 2. The fourth-order valence-electron chi connectivity index (χ4n) is 2.74. The van der Waals surface area contributed by atoms with E-state index in [9.17, 15) is 4.79 Å². The molecule has 0 bridgehead atoms. The smallest absolute Gasteiger partial charge is 0.144 e. The Hall–Kier alpha value is -1.80. The van der Waals surface area contributed by atoms with Gasteiger partial charge in [0.15, 0.2) is 0 Å². The van der Waals surface area contributed by atoms with Gasteiger partial charge in [-0.05, 0) is 49.2 Å². The van der Waals surface area contributed by atoms with Gasteiger partial charge in [-0.25, -0.2) is 0 Å². The molecule has 0 saturated carbocycles. The molecule has 1 heterocycles. The summed E-state index contributed by atoms with van der Waals surface area (Å²) >= 11 is 6.10. The summed E-state index contributed by atoms with van der Waals surface area (Å²) in [7, 11) is 0. The number of hydrogen-bond donors (Lipinski definition) is 1. The highest BCUT2D eigenvalue weighted by molar-refractivity contribution is 6.30. The Labute approximate surface area is 117 Å². The Balaban J connectivity index is 2.35. The van der Waals surface area contributed by atoms with E-state index in [1.165, 1.54) is 0 Å². The largest absolute Gasteiger partial charge is 0.355 e. The number of para-hydroxylation sites is 1. The van der Waals surface area contributed by atoms with Crippen LogP contribution >= 0.6 is 11.6 Å². The average Bonchev–Trinajstić information content (AvgIpc) is 2.40. The SMILES string of the molecule is CC(=O)C1(C)c2ccccc2Nc2ccc(Cl)cc21. The highest BCUT2D eigenvalue weighted by Gasteiger charge is 2.40. The van der Waals surface area contributed by atoms with Crippen molar-refractivity contribution in [2.24, 2.45) is 0 Å². The van der Waals surface area contributed by atoms with Crippen LogP contribution < -0.4 is 5.32 Å². The van der Waals surface area contributed by atoms with Crippen molar-refractivity contribution in [1.29, 1.82) is 0 Å². The van der Waals surface area contributed by atoms with Gasteiger partial charge in [0.25, 0.3) is 0 Å². The number of benzene rings is 2. The number of nitrogens with one attached hydrogen (secondary N) is 1. The van der Waals surface area contributed by atoms with Crippen LogP contribution in [0.25, 0.3) is 0 Å². The molecule has 96 valence electrons. The number of ketones is 1. The Bertz CT molecular complexity index is 680. The van der Waals surface area contributed by atoms with E-state index in [2.05, 4.69) is 5.32 Å². The number of Topliss-reactive ketones (excluding diaryl/α,β-unsaturated/α-hetero) is 1. The first-order valence-corrected chi connectivity index (χ1v) is 6.59. The third-order valence-electron chi connectivity index (χ3n) is 3.96. The summed E-state index contributed by atoms with van der Waals surface area (Å²) < 4.78 is 0. The molecule has 0 radical (unpaired) electrons. The second-order valence-electron chi connectivity index (χ2n) is 5.04. The van der Waals surface area contributed by atoms with Crippen LogP contribution in [0, 0.1) is 0 Å². The lowest BCUT2D eigenvalue weighted by molar-refractivity contribution is -0.120. The van der Waals surface area contributed by atoms with Gasteiger partial charge in [-0.3, -0.25) is 4.79 Å². The van der Waals surface area contributed by atoms with Crippen molar-refractivity contribution in [1.82, 2.24) is 0 Å². The third-order valence-corrected chi connectivity index (χ3v) is 4.19. The van der Waals surface area contributed by atoms with Crippen molar-refractivity contribution in [3.8, 4) is 0 Å². The summed E-state index contributed by atoms with van der Waals surface area (Å²) in [6, 6.07) is 13.5. The van der Waals surface area contributed by atoms with Crippen molar-refractivity contribution in [3.63, 3.8) is 0 Å². The van der Waals surface area contributed by atoms with Gasteiger partial charge in [0.1, 0.15) is 5.78 Å². The molecule has 0 amide bonds. The normalized spacial score (nSPS) is 20.2. The fourth-order valence-corrected chi connectivity index (χ4v) is 2.91. The number of halogens is 1. The molecule has 19 heavy (non-hydrogen) atoms. The molecule has 0 spiro atoms. The van der Waals surface area contributed by atoms with E-state index in [0.29, 0.717) is 5.02 Å². The van der Waals surface area contributed by atoms with Gasteiger partial charge in [-0.15, -0.1) is 0 Å². The van der Waals surface area contributed by atoms with E-state index in [-0.39, 0.29) is 5.78 Å². The molecule has 1 unspecified atom stereocenters. The van der Waals surface area contributed by atoms with Crippen LogP contribution in [0.1, 0.15) is 25.0 Å². The van der Waals surface area contributed by atoms with E-state index < -0.39 is 5.41 Å². The second-order valence-corrected chi connectivity index (χ2v) is 5.48. The second kappa shape index (κ2) is 4.10. The van der Waals surface area contributed by atoms with Crippen LogP contribution in [0.4, 0.5) is 11.4 Å². The minimum absolute atomic E-state index is 0.116. The van der Waals surface area contributed by atoms with Gasteiger partial charge in [-0.1, -0.05) is 29.8 Å². The molecule has 2 aromatic rings. The molecule has 3 heteroatoms. The summed E-state index contributed by atoms with van der Waals surface area (Å²) in [4.78, 5) is 12.3. The number of carbonyl (C=O) groups is 1. The fraction of sp³-hybridized carbons (Fsp3) is 0.188. The van der Waals surface area contributed by atoms with Crippen LogP contribution in [0.15, 0.2) is 42.5 Å². The van der Waals surface area contributed by atoms with Crippen LogP contribution in [0.2, 0.25) is 5.02 Å². The van der Waals surface area contributed by atoms with E-state index in [4.69, 9.17) is 11.6 Å². The first-order valence-electron chi connectivity index (χ1n) is 6.21. The molecule has 0 fully saturated rings. The molecule has 3 rings (SSSR count). The lowest BCUT2D eigenvalue weighted by Gasteiger charge is -2.36.